The molecular weight excluding hydrogens is 310 g/mol. The van der Waals surface area contributed by atoms with Crippen molar-refractivity contribution < 1.29 is 26.9 Å². The fraction of sp³-hybridized carbons (Fsp3) is 0.643. The van der Waals surface area contributed by atoms with Crippen LogP contribution in [0.1, 0.15) is 12.8 Å². The number of hydrogen-bond donors (Lipinski definition) is 0. The number of allylic oxidation sites excluding steroid dienone is 2. The third kappa shape index (κ3) is 5.78. The Kier molecular flexibility index (Phi) is 5.98. The van der Waals surface area contributed by atoms with Crippen LogP contribution in [0.25, 0.3) is 0 Å². The molecule has 1 amide bonds. The van der Waals surface area contributed by atoms with Gasteiger partial charge in [0.25, 0.3) is 10.1 Å². The maximum atomic E-state index is 12.0. The first kappa shape index (κ1) is 17.0. The largest absolute Gasteiger partial charge is 0.445 e. The molecule has 1 aliphatic heterocycles. The molecule has 0 saturated carbocycles. The second-order valence-electron chi connectivity index (χ2n) is 5.24. The highest BCUT2D eigenvalue weighted by molar-refractivity contribution is 7.85. The van der Waals surface area contributed by atoms with Crippen LogP contribution >= 0.6 is 0 Å². The fourth-order valence-corrected chi connectivity index (χ4v) is 2.60. The Bertz CT molecular complexity index is 554. The summed E-state index contributed by atoms with van der Waals surface area (Å²) in [6.45, 7) is 1.15. The van der Waals surface area contributed by atoms with E-state index in [4.69, 9.17) is 13.7 Å². The van der Waals surface area contributed by atoms with E-state index in [1.807, 2.05) is 6.08 Å². The topological polar surface area (TPSA) is 82.1 Å². The van der Waals surface area contributed by atoms with Gasteiger partial charge in [-0.25, -0.2) is 4.79 Å². The van der Waals surface area contributed by atoms with Crippen molar-refractivity contribution in [3.8, 4) is 0 Å². The number of hydrogen-bond acceptors (Lipinski definition) is 6. The van der Waals surface area contributed by atoms with Gasteiger partial charge in [-0.15, -0.1) is 0 Å². The summed E-state index contributed by atoms with van der Waals surface area (Å²) >= 11 is 0. The Labute approximate surface area is 130 Å². The van der Waals surface area contributed by atoms with Gasteiger partial charge in [-0.1, -0.05) is 18.2 Å². The number of ether oxygens (including phenoxy) is 2. The van der Waals surface area contributed by atoms with Crippen LogP contribution < -0.4 is 0 Å². The predicted molar refractivity (Wildman–Crippen MR) is 79.9 cm³/mol. The molecule has 0 spiro atoms. The molecule has 0 radical (unpaired) electrons. The van der Waals surface area contributed by atoms with Crippen molar-refractivity contribution in [3.63, 3.8) is 0 Å². The molecule has 0 aromatic carbocycles. The molecule has 2 aliphatic rings. The highest BCUT2D eigenvalue weighted by atomic mass is 32.2. The Balaban J connectivity index is 1.77. The number of morpholine rings is 1. The molecular formula is C14H21NO6S. The van der Waals surface area contributed by atoms with Crippen molar-refractivity contribution in [1.29, 1.82) is 0 Å². The van der Waals surface area contributed by atoms with E-state index in [2.05, 4.69) is 12.2 Å². The van der Waals surface area contributed by atoms with E-state index in [1.54, 1.807) is 0 Å². The summed E-state index contributed by atoms with van der Waals surface area (Å²) in [5, 5.41) is 0. The molecule has 22 heavy (non-hydrogen) atoms. The minimum atomic E-state index is -3.52. The van der Waals surface area contributed by atoms with E-state index >= 15 is 0 Å². The summed E-state index contributed by atoms with van der Waals surface area (Å²) in [6.07, 6.45) is 8.13. The standard InChI is InChI=1S/C14H21NO6S/c1-22(17,18)21-11-13-9-15(7-8-19-13)14(16)20-10-12-5-3-2-4-6-12/h3,5-6,13H,2,4,7-11H2,1H3/t13-/m1/s1. The number of carbonyl (C=O) groups excluding carboxylic acids is 1. The van der Waals surface area contributed by atoms with Crippen molar-refractivity contribution in [2.75, 3.05) is 39.2 Å². The lowest BCUT2D eigenvalue weighted by molar-refractivity contribution is -0.0433. The van der Waals surface area contributed by atoms with Crippen LogP contribution in [0.3, 0.4) is 0 Å². The second-order valence-corrected chi connectivity index (χ2v) is 6.88. The molecule has 1 saturated heterocycles. The van der Waals surface area contributed by atoms with Crippen LogP contribution in [0.5, 0.6) is 0 Å². The van der Waals surface area contributed by atoms with E-state index < -0.39 is 22.3 Å². The zero-order valence-electron chi connectivity index (χ0n) is 12.6. The van der Waals surface area contributed by atoms with Crippen LogP contribution in [0.2, 0.25) is 0 Å². The zero-order valence-corrected chi connectivity index (χ0v) is 13.4. The van der Waals surface area contributed by atoms with Gasteiger partial charge < -0.3 is 14.4 Å². The van der Waals surface area contributed by atoms with Crippen molar-refractivity contribution in [2.45, 2.75) is 18.9 Å². The fourth-order valence-electron chi connectivity index (χ4n) is 2.20. The number of amides is 1. The first-order valence-corrected chi connectivity index (χ1v) is 8.99. The van der Waals surface area contributed by atoms with Crippen LogP contribution in [-0.4, -0.2) is 64.7 Å². The molecule has 0 N–H and O–H groups in total. The molecule has 7 nitrogen and oxygen atoms in total. The quantitative estimate of drug-likeness (QED) is 0.701. The van der Waals surface area contributed by atoms with Gasteiger partial charge in [0.2, 0.25) is 0 Å². The van der Waals surface area contributed by atoms with E-state index in [9.17, 15) is 13.2 Å². The lowest BCUT2D eigenvalue weighted by atomic mass is 10.1. The van der Waals surface area contributed by atoms with Gasteiger partial charge in [-0.05, 0) is 18.4 Å². The zero-order chi connectivity index (χ0) is 16.0. The molecule has 0 aromatic rings. The van der Waals surface area contributed by atoms with Gasteiger partial charge in [0, 0.05) is 6.54 Å². The van der Waals surface area contributed by atoms with Gasteiger partial charge in [0.05, 0.1) is 26.0 Å². The lowest BCUT2D eigenvalue weighted by Gasteiger charge is -2.31. The average Bonchev–Trinajstić information content (AvgIpc) is 2.51. The Morgan fingerprint density at radius 1 is 1.45 bits per heavy atom. The van der Waals surface area contributed by atoms with E-state index in [0.29, 0.717) is 13.2 Å². The highest BCUT2D eigenvalue weighted by Crippen LogP contribution is 2.12. The van der Waals surface area contributed by atoms with Gasteiger partial charge in [-0.2, -0.15) is 8.42 Å². The maximum absolute atomic E-state index is 12.0. The Hall–Kier alpha value is -1.38. The molecule has 124 valence electrons. The van der Waals surface area contributed by atoms with Crippen LogP contribution in [-0.2, 0) is 23.8 Å². The third-order valence-electron chi connectivity index (χ3n) is 3.30. The van der Waals surface area contributed by atoms with Crippen LogP contribution in [0.4, 0.5) is 4.79 Å². The van der Waals surface area contributed by atoms with E-state index in [1.165, 1.54) is 4.90 Å². The summed E-state index contributed by atoms with van der Waals surface area (Å²) in [6, 6.07) is 0. The Morgan fingerprint density at radius 2 is 2.27 bits per heavy atom. The van der Waals surface area contributed by atoms with Crippen LogP contribution in [0, 0.1) is 0 Å². The summed E-state index contributed by atoms with van der Waals surface area (Å²) in [5.74, 6) is 0. The van der Waals surface area contributed by atoms with E-state index in [-0.39, 0.29) is 19.8 Å². The minimum absolute atomic E-state index is 0.101. The summed E-state index contributed by atoms with van der Waals surface area (Å²) in [7, 11) is -3.52. The first-order chi connectivity index (χ1) is 10.4. The lowest BCUT2D eigenvalue weighted by Crippen LogP contribution is -2.47. The normalized spacial score (nSPS) is 22.3. The van der Waals surface area contributed by atoms with Crippen molar-refractivity contribution in [3.05, 3.63) is 23.8 Å². The van der Waals surface area contributed by atoms with Crippen LogP contribution in [0.15, 0.2) is 23.8 Å². The van der Waals surface area contributed by atoms with Crippen molar-refractivity contribution >= 4 is 16.2 Å². The van der Waals surface area contributed by atoms with Crippen molar-refractivity contribution in [1.82, 2.24) is 4.90 Å². The third-order valence-corrected chi connectivity index (χ3v) is 3.86. The number of carbonyl (C=O) groups is 1. The number of nitrogens with zero attached hydrogens (tertiary/aromatic N) is 1. The summed E-state index contributed by atoms with van der Waals surface area (Å²) < 4.78 is 37.3. The van der Waals surface area contributed by atoms with Gasteiger partial charge in [0.1, 0.15) is 12.7 Å². The maximum Gasteiger partial charge on any atom is 0.410 e. The minimum Gasteiger partial charge on any atom is -0.445 e. The predicted octanol–water partition coefficient (Wildman–Crippen LogP) is 1.08. The molecule has 8 heteroatoms. The summed E-state index contributed by atoms with van der Waals surface area (Å²) in [4.78, 5) is 13.5. The van der Waals surface area contributed by atoms with E-state index in [0.717, 1.165) is 24.7 Å². The molecule has 1 heterocycles. The second kappa shape index (κ2) is 7.75. The van der Waals surface area contributed by atoms with Gasteiger partial charge in [0.15, 0.2) is 0 Å². The van der Waals surface area contributed by atoms with Crippen molar-refractivity contribution in [2.24, 2.45) is 0 Å². The molecule has 2 rings (SSSR count). The first-order valence-electron chi connectivity index (χ1n) is 7.17. The SMILES string of the molecule is CS(=O)(=O)OC[C@H]1CN(C(=O)OCC2=CCCC=C2)CCO1. The number of rotatable bonds is 5. The van der Waals surface area contributed by atoms with Gasteiger partial charge in [-0.3, -0.25) is 4.18 Å². The molecule has 1 fully saturated rings. The average molecular weight is 331 g/mol. The smallest absolute Gasteiger partial charge is 0.410 e. The monoisotopic (exact) mass is 331 g/mol. The highest BCUT2D eigenvalue weighted by Gasteiger charge is 2.26. The van der Waals surface area contributed by atoms with Gasteiger partial charge >= 0.3 is 6.09 Å². The molecule has 0 bridgehead atoms. The molecule has 1 atom stereocenters. The molecule has 0 unspecified atom stereocenters. The molecule has 0 aromatic heterocycles. The Morgan fingerprint density at radius 3 is 2.95 bits per heavy atom. The summed E-state index contributed by atoms with van der Waals surface area (Å²) in [5.41, 5.74) is 0.991. The molecule has 1 aliphatic carbocycles.